The first kappa shape index (κ1) is 18.5. The van der Waals surface area contributed by atoms with Crippen LogP contribution in [0.25, 0.3) is 0 Å². The molecule has 2 aliphatic heterocycles. The largest absolute Gasteiger partial charge is 0.448 e. The van der Waals surface area contributed by atoms with Crippen LogP contribution >= 0.6 is 0 Å². The minimum atomic E-state index is -0.750. The molecule has 28 heavy (non-hydrogen) atoms. The normalized spacial score (nSPS) is 19.0. The molecule has 1 atom stereocenters. The number of carbonyl (C=O) groups is 2. The van der Waals surface area contributed by atoms with Gasteiger partial charge in [0.25, 0.3) is 5.91 Å². The van der Waals surface area contributed by atoms with Crippen LogP contribution in [0.3, 0.4) is 0 Å². The lowest BCUT2D eigenvalue weighted by atomic mass is 9.98. The van der Waals surface area contributed by atoms with Gasteiger partial charge in [-0.15, -0.1) is 0 Å². The molecule has 0 aromatic heterocycles. The Morgan fingerprint density at radius 3 is 2.54 bits per heavy atom. The van der Waals surface area contributed by atoms with Gasteiger partial charge in [0.1, 0.15) is 0 Å². The zero-order valence-electron chi connectivity index (χ0n) is 16.3. The summed E-state index contributed by atoms with van der Waals surface area (Å²) in [6.07, 6.45) is 3.50. The smallest absolute Gasteiger partial charge is 0.339 e. The fourth-order valence-corrected chi connectivity index (χ4v) is 4.03. The first-order valence-electron chi connectivity index (χ1n) is 9.99. The van der Waals surface area contributed by atoms with Crippen molar-refractivity contribution >= 4 is 17.6 Å². The molecule has 0 spiro atoms. The fourth-order valence-electron chi connectivity index (χ4n) is 4.03. The predicted molar refractivity (Wildman–Crippen MR) is 108 cm³/mol. The third kappa shape index (κ3) is 3.88. The zero-order chi connectivity index (χ0) is 19.5. The van der Waals surface area contributed by atoms with Crippen LogP contribution in [0, 0.1) is 0 Å². The first-order chi connectivity index (χ1) is 13.6. The van der Waals surface area contributed by atoms with Crippen molar-refractivity contribution in [2.24, 2.45) is 0 Å². The number of anilines is 1. The molecule has 2 aromatic rings. The lowest BCUT2D eigenvalue weighted by molar-refractivity contribution is -0.140. The molecule has 0 N–H and O–H groups in total. The Labute approximate surface area is 165 Å². The minimum Gasteiger partial charge on any atom is -0.448 e. The monoisotopic (exact) mass is 378 g/mol. The molecular weight excluding hydrogens is 352 g/mol. The van der Waals surface area contributed by atoms with E-state index in [1.165, 1.54) is 24.9 Å². The van der Waals surface area contributed by atoms with E-state index in [9.17, 15) is 9.59 Å². The summed E-state index contributed by atoms with van der Waals surface area (Å²) in [5.74, 6) is -0.581. The quantitative estimate of drug-likeness (QED) is 0.765. The second-order valence-electron chi connectivity index (χ2n) is 7.66. The number of esters is 1. The summed E-state index contributed by atoms with van der Waals surface area (Å²) in [5, 5.41) is 0. The number of ether oxygens (including phenoxy) is 1. The van der Waals surface area contributed by atoms with Crippen LogP contribution in [0.5, 0.6) is 0 Å². The maximum atomic E-state index is 12.8. The number of likely N-dealkylation sites (N-methyl/N-ethyl adjacent to an activating group) is 1. The van der Waals surface area contributed by atoms with Gasteiger partial charge in [-0.05, 0) is 48.6 Å². The standard InChI is InChI=1S/C23H26N2O3/c1-24(16-17-9-11-19(12-10-17)25-13-5-2-6-14-25)22(26)21-15-18-7-3-4-8-20(18)23(27)28-21/h3-4,7-12,21H,2,5-6,13-16H2,1H3/t21-/m0/s1. The van der Waals surface area contributed by atoms with Crippen molar-refractivity contribution in [1.29, 1.82) is 0 Å². The highest BCUT2D eigenvalue weighted by molar-refractivity contribution is 5.95. The van der Waals surface area contributed by atoms with Gasteiger partial charge < -0.3 is 14.5 Å². The number of rotatable bonds is 4. The van der Waals surface area contributed by atoms with Crippen molar-refractivity contribution in [3.63, 3.8) is 0 Å². The van der Waals surface area contributed by atoms with Gasteiger partial charge in [0.2, 0.25) is 0 Å². The summed E-state index contributed by atoms with van der Waals surface area (Å²) in [5.41, 5.74) is 3.74. The van der Waals surface area contributed by atoms with Crippen LogP contribution in [0.15, 0.2) is 48.5 Å². The Morgan fingerprint density at radius 2 is 1.79 bits per heavy atom. The van der Waals surface area contributed by atoms with Gasteiger partial charge in [0.05, 0.1) is 5.56 Å². The average Bonchev–Trinajstić information content (AvgIpc) is 2.74. The summed E-state index contributed by atoms with van der Waals surface area (Å²) in [6, 6.07) is 15.7. The van der Waals surface area contributed by atoms with Crippen LogP contribution in [-0.2, 0) is 22.5 Å². The maximum Gasteiger partial charge on any atom is 0.339 e. The number of nitrogens with zero attached hydrogens (tertiary/aromatic N) is 2. The first-order valence-corrected chi connectivity index (χ1v) is 9.99. The van der Waals surface area contributed by atoms with Gasteiger partial charge >= 0.3 is 5.97 Å². The molecule has 4 rings (SSSR count). The van der Waals surface area contributed by atoms with Crippen molar-refractivity contribution in [3.05, 3.63) is 65.2 Å². The molecule has 0 saturated carbocycles. The van der Waals surface area contributed by atoms with Gasteiger partial charge in [0, 0.05) is 38.8 Å². The fraction of sp³-hybridized carbons (Fsp3) is 0.391. The molecule has 1 amide bonds. The van der Waals surface area contributed by atoms with Crippen LogP contribution in [0.1, 0.15) is 40.7 Å². The van der Waals surface area contributed by atoms with Gasteiger partial charge in [-0.3, -0.25) is 4.79 Å². The molecule has 0 bridgehead atoms. The number of hydrogen-bond acceptors (Lipinski definition) is 4. The highest BCUT2D eigenvalue weighted by Crippen LogP contribution is 2.23. The molecule has 2 heterocycles. The van der Waals surface area contributed by atoms with Crippen molar-refractivity contribution in [3.8, 4) is 0 Å². The number of piperidine rings is 1. The topological polar surface area (TPSA) is 49.9 Å². The lowest BCUT2D eigenvalue weighted by Crippen LogP contribution is -2.42. The molecule has 1 fully saturated rings. The highest BCUT2D eigenvalue weighted by atomic mass is 16.5. The van der Waals surface area contributed by atoms with Crippen molar-refractivity contribution in [1.82, 2.24) is 4.90 Å². The van der Waals surface area contributed by atoms with Crippen molar-refractivity contribution < 1.29 is 14.3 Å². The van der Waals surface area contributed by atoms with E-state index in [2.05, 4.69) is 29.2 Å². The van der Waals surface area contributed by atoms with E-state index in [0.717, 1.165) is 24.2 Å². The Hall–Kier alpha value is -2.82. The summed E-state index contributed by atoms with van der Waals surface area (Å²) in [4.78, 5) is 29.0. The van der Waals surface area contributed by atoms with E-state index in [-0.39, 0.29) is 5.91 Å². The third-order valence-electron chi connectivity index (χ3n) is 5.62. The zero-order valence-corrected chi connectivity index (χ0v) is 16.3. The average molecular weight is 378 g/mol. The predicted octanol–water partition coefficient (Wildman–Crippen LogP) is 3.42. The van der Waals surface area contributed by atoms with Gasteiger partial charge in [-0.1, -0.05) is 30.3 Å². The molecule has 0 unspecified atom stereocenters. The van der Waals surface area contributed by atoms with E-state index in [0.29, 0.717) is 18.5 Å². The Kier molecular flexibility index (Phi) is 5.33. The molecule has 5 heteroatoms. The van der Waals surface area contributed by atoms with Crippen LogP contribution in [0.2, 0.25) is 0 Å². The Bertz CT molecular complexity index is 856. The number of benzene rings is 2. The molecule has 0 radical (unpaired) electrons. The summed E-state index contributed by atoms with van der Waals surface area (Å²) in [7, 11) is 1.76. The van der Waals surface area contributed by atoms with E-state index < -0.39 is 12.1 Å². The second-order valence-corrected chi connectivity index (χ2v) is 7.66. The number of fused-ring (bicyclic) bond motifs is 1. The molecule has 2 aromatic carbocycles. The van der Waals surface area contributed by atoms with E-state index in [1.807, 2.05) is 18.2 Å². The number of amides is 1. The number of carbonyl (C=O) groups excluding carboxylic acids is 2. The van der Waals surface area contributed by atoms with Crippen molar-refractivity contribution in [2.75, 3.05) is 25.0 Å². The summed E-state index contributed by atoms with van der Waals surface area (Å²) >= 11 is 0. The molecule has 2 aliphatic rings. The summed E-state index contributed by atoms with van der Waals surface area (Å²) in [6.45, 7) is 2.73. The van der Waals surface area contributed by atoms with Gasteiger partial charge in [-0.25, -0.2) is 4.79 Å². The SMILES string of the molecule is CN(Cc1ccc(N2CCCCC2)cc1)C(=O)[C@@H]1Cc2ccccc2C(=O)O1. The maximum absolute atomic E-state index is 12.8. The van der Waals surface area contributed by atoms with Gasteiger partial charge in [0.15, 0.2) is 6.10 Å². The number of hydrogen-bond donors (Lipinski definition) is 0. The van der Waals surface area contributed by atoms with Crippen molar-refractivity contribution in [2.45, 2.75) is 38.3 Å². The molecular formula is C23H26N2O3. The van der Waals surface area contributed by atoms with E-state index in [1.54, 1.807) is 18.0 Å². The highest BCUT2D eigenvalue weighted by Gasteiger charge is 2.32. The Morgan fingerprint density at radius 1 is 1.07 bits per heavy atom. The molecule has 5 nitrogen and oxygen atoms in total. The van der Waals surface area contributed by atoms with E-state index in [4.69, 9.17) is 4.74 Å². The molecule has 146 valence electrons. The van der Waals surface area contributed by atoms with E-state index >= 15 is 0 Å². The Balaban J connectivity index is 1.39. The summed E-state index contributed by atoms with van der Waals surface area (Å²) < 4.78 is 5.40. The van der Waals surface area contributed by atoms with Gasteiger partial charge in [-0.2, -0.15) is 0 Å². The van der Waals surface area contributed by atoms with Crippen LogP contribution in [0.4, 0.5) is 5.69 Å². The number of cyclic esters (lactones) is 1. The van der Waals surface area contributed by atoms with Crippen LogP contribution < -0.4 is 4.90 Å². The third-order valence-corrected chi connectivity index (χ3v) is 5.62. The second kappa shape index (κ2) is 8.05. The molecule has 1 saturated heterocycles. The molecule has 0 aliphatic carbocycles. The van der Waals surface area contributed by atoms with Crippen LogP contribution in [-0.4, -0.2) is 43.0 Å². The lowest BCUT2D eigenvalue weighted by Gasteiger charge is -2.29. The minimum absolute atomic E-state index is 0.164.